The van der Waals surface area contributed by atoms with Gasteiger partial charge in [-0.3, -0.25) is 4.90 Å². The zero-order valence-electron chi connectivity index (χ0n) is 12.7. The quantitative estimate of drug-likeness (QED) is 0.686. The van der Waals surface area contributed by atoms with Crippen LogP contribution < -0.4 is 5.32 Å². The molecule has 1 heterocycles. The van der Waals surface area contributed by atoms with Gasteiger partial charge in [0.2, 0.25) is 0 Å². The Balaban J connectivity index is 2.51. The van der Waals surface area contributed by atoms with Crippen LogP contribution in [-0.2, 0) is 4.74 Å². The molecule has 18 heavy (non-hydrogen) atoms. The van der Waals surface area contributed by atoms with Crippen LogP contribution in [0.4, 0.5) is 0 Å². The van der Waals surface area contributed by atoms with Crippen molar-refractivity contribution in [1.82, 2.24) is 10.2 Å². The Kier molecular flexibility index (Phi) is 7.87. The lowest BCUT2D eigenvalue weighted by Crippen LogP contribution is -2.48. The molecule has 0 bridgehead atoms. The summed E-state index contributed by atoms with van der Waals surface area (Å²) < 4.78 is 5.56. The van der Waals surface area contributed by atoms with Crippen molar-refractivity contribution in [2.45, 2.75) is 59.0 Å². The second-order valence-electron chi connectivity index (χ2n) is 5.77. The van der Waals surface area contributed by atoms with Crippen molar-refractivity contribution in [3.63, 3.8) is 0 Å². The minimum absolute atomic E-state index is 0.599. The van der Waals surface area contributed by atoms with E-state index in [0.29, 0.717) is 18.0 Å². The van der Waals surface area contributed by atoms with Gasteiger partial charge in [-0.2, -0.15) is 0 Å². The first-order valence-corrected chi connectivity index (χ1v) is 7.74. The Morgan fingerprint density at radius 1 is 1.28 bits per heavy atom. The van der Waals surface area contributed by atoms with Crippen LogP contribution in [0.15, 0.2) is 0 Å². The molecule has 1 saturated heterocycles. The van der Waals surface area contributed by atoms with Crippen molar-refractivity contribution in [2.75, 3.05) is 32.8 Å². The fourth-order valence-corrected chi connectivity index (χ4v) is 2.68. The molecule has 0 aliphatic carbocycles. The van der Waals surface area contributed by atoms with Crippen LogP contribution >= 0.6 is 0 Å². The molecular weight excluding hydrogens is 224 g/mol. The van der Waals surface area contributed by atoms with Crippen molar-refractivity contribution in [2.24, 2.45) is 5.92 Å². The van der Waals surface area contributed by atoms with E-state index in [-0.39, 0.29) is 0 Å². The summed E-state index contributed by atoms with van der Waals surface area (Å²) in [5, 5.41) is 3.73. The Morgan fingerprint density at radius 2 is 2.06 bits per heavy atom. The summed E-state index contributed by atoms with van der Waals surface area (Å²) in [7, 11) is 0. The van der Waals surface area contributed by atoms with Crippen molar-refractivity contribution >= 4 is 0 Å². The Hall–Kier alpha value is -0.120. The molecule has 0 radical (unpaired) electrons. The van der Waals surface area contributed by atoms with Gasteiger partial charge in [0.25, 0.3) is 0 Å². The normalized spacial score (nSPS) is 22.0. The lowest BCUT2D eigenvalue weighted by atomic mass is 9.97. The molecule has 0 spiro atoms. The van der Waals surface area contributed by atoms with Gasteiger partial charge in [-0.25, -0.2) is 0 Å². The van der Waals surface area contributed by atoms with Gasteiger partial charge in [0.15, 0.2) is 0 Å². The number of nitrogens with zero attached hydrogens (tertiary/aromatic N) is 1. The summed E-state index contributed by atoms with van der Waals surface area (Å²) in [5.41, 5.74) is 0. The maximum Gasteiger partial charge on any atom is 0.0510 e. The largest absolute Gasteiger partial charge is 0.381 e. The van der Waals surface area contributed by atoms with E-state index in [1.54, 1.807) is 0 Å². The average Bonchev–Trinajstić information content (AvgIpc) is 2.86. The standard InChI is InChI=1S/C15H32N2O/c1-5-8-16-15(14-7-10-18-12-14)11-17(9-6-2)13(3)4/h13-16H,5-12H2,1-4H3. The summed E-state index contributed by atoms with van der Waals surface area (Å²) >= 11 is 0. The zero-order valence-corrected chi connectivity index (χ0v) is 12.7. The summed E-state index contributed by atoms with van der Waals surface area (Å²) in [5.74, 6) is 0.703. The molecule has 0 amide bonds. The zero-order chi connectivity index (χ0) is 13.4. The first-order valence-electron chi connectivity index (χ1n) is 7.74. The first kappa shape index (κ1) is 15.9. The maximum absolute atomic E-state index is 5.56. The predicted octanol–water partition coefficient (Wildman–Crippen LogP) is 2.51. The number of rotatable bonds is 9. The van der Waals surface area contributed by atoms with E-state index in [4.69, 9.17) is 4.74 Å². The van der Waals surface area contributed by atoms with Crippen LogP contribution in [0.3, 0.4) is 0 Å². The van der Waals surface area contributed by atoms with E-state index in [2.05, 4.69) is 37.9 Å². The Labute approximate surface area is 113 Å². The van der Waals surface area contributed by atoms with Crippen LogP contribution in [0.1, 0.15) is 47.0 Å². The molecule has 1 N–H and O–H groups in total. The van der Waals surface area contributed by atoms with Gasteiger partial charge in [0.05, 0.1) is 6.61 Å². The molecule has 1 rings (SSSR count). The average molecular weight is 256 g/mol. The molecule has 108 valence electrons. The van der Waals surface area contributed by atoms with Gasteiger partial charge in [-0.15, -0.1) is 0 Å². The van der Waals surface area contributed by atoms with E-state index in [0.717, 1.165) is 19.8 Å². The highest BCUT2D eigenvalue weighted by Crippen LogP contribution is 2.18. The first-order chi connectivity index (χ1) is 8.69. The molecule has 2 unspecified atom stereocenters. The maximum atomic E-state index is 5.56. The topological polar surface area (TPSA) is 24.5 Å². The van der Waals surface area contributed by atoms with Gasteiger partial charge in [0.1, 0.15) is 0 Å². The minimum Gasteiger partial charge on any atom is -0.381 e. The minimum atomic E-state index is 0.599. The molecule has 1 fully saturated rings. The van der Waals surface area contributed by atoms with Gasteiger partial charge in [0, 0.05) is 31.2 Å². The van der Waals surface area contributed by atoms with Crippen molar-refractivity contribution in [3.05, 3.63) is 0 Å². The van der Waals surface area contributed by atoms with E-state index >= 15 is 0 Å². The lowest BCUT2D eigenvalue weighted by molar-refractivity contribution is 0.147. The smallest absolute Gasteiger partial charge is 0.0510 e. The number of hydrogen-bond donors (Lipinski definition) is 1. The highest BCUT2D eigenvalue weighted by molar-refractivity contribution is 4.83. The highest BCUT2D eigenvalue weighted by atomic mass is 16.5. The molecule has 1 aliphatic rings. The van der Waals surface area contributed by atoms with E-state index in [1.165, 1.54) is 32.4 Å². The van der Waals surface area contributed by atoms with Crippen LogP contribution in [0.5, 0.6) is 0 Å². The SMILES string of the molecule is CCCNC(CN(CCC)C(C)C)C1CCOC1. The van der Waals surface area contributed by atoms with Crippen LogP contribution in [0.2, 0.25) is 0 Å². The molecule has 0 saturated carbocycles. The van der Waals surface area contributed by atoms with Crippen LogP contribution in [0.25, 0.3) is 0 Å². The molecule has 0 aromatic carbocycles. The summed E-state index contributed by atoms with van der Waals surface area (Å²) in [6.07, 6.45) is 3.67. The lowest BCUT2D eigenvalue weighted by Gasteiger charge is -2.33. The third-order valence-corrected chi connectivity index (χ3v) is 3.86. The predicted molar refractivity (Wildman–Crippen MR) is 78.0 cm³/mol. The third kappa shape index (κ3) is 5.25. The van der Waals surface area contributed by atoms with E-state index < -0.39 is 0 Å². The van der Waals surface area contributed by atoms with Gasteiger partial charge in [-0.1, -0.05) is 13.8 Å². The summed E-state index contributed by atoms with van der Waals surface area (Å²) in [6.45, 7) is 14.5. The molecule has 1 aliphatic heterocycles. The summed E-state index contributed by atoms with van der Waals surface area (Å²) in [4.78, 5) is 2.60. The fraction of sp³-hybridized carbons (Fsp3) is 1.00. The monoisotopic (exact) mass is 256 g/mol. The van der Waals surface area contributed by atoms with Gasteiger partial charge >= 0.3 is 0 Å². The Morgan fingerprint density at radius 3 is 2.56 bits per heavy atom. The second-order valence-corrected chi connectivity index (χ2v) is 5.77. The van der Waals surface area contributed by atoms with Crippen LogP contribution in [0, 0.1) is 5.92 Å². The summed E-state index contributed by atoms with van der Waals surface area (Å²) in [6, 6.07) is 1.24. The molecule has 2 atom stereocenters. The molecule has 0 aromatic heterocycles. The van der Waals surface area contributed by atoms with Gasteiger partial charge in [-0.05, 0) is 46.2 Å². The highest BCUT2D eigenvalue weighted by Gasteiger charge is 2.27. The third-order valence-electron chi connectivity index (χ3n) is 3.86. The van der Waals surface area contributed by atoms with Crippen molar-refractivity contribution < 1.29 is 4.74 Å². The Bertz CT molecular complexity index is 203. The fourth-order valence-electron chi connectivity index (χ4n) is 2.68. The molecular formula is C15H32N2O. The van der Waals surface area contributed by atoms with Crippen molar-refractivity contribution in [3.8, 4) is 0 Å². The van der Waals surface area contributed by atoms with E-state index in [9.17, 15) is 0 Å². The van der Waals surface area contributed by atoms with Crippen LogP contribution in [-0.4, -0.2) is 49.8 Å². The molecule has 3 heteroatoms. The number of hydrogen-bond acceptors (Lipinski definition) is 3. The molecule has 0 aromatic rings. The second kappa shape index (κ2) is 8.89. The molecule has 3 nitrogen and oxygen atoms in total. The van der Waals surface area contributed by atoms with Gasteiger partial charge < -0.3 is 10.1 Å². The number of nitrogens with one attached hydrogen (secondary N) is 1. The number of ether oxygens (including phenoxy) is 1. The van der Waals surface area contributed by atoms with Crippen molar-refractivity contribution in [1.29, 1.82) is 0 Å². The van der Waals surface area contributed by atoms with E-state index in [1.807, 2.05) is 0 Å².